The Bertz CT molecular complexity index is 1090. The average Bonchev–Trinajstić information content (AvgIpc) is 2.79. The van der Waals surface area contributed by atoms with E-state index >= 15 is 0 Å². The van der Waals surface area contributed by atoms with E-state index in [2.05, 4.69) is 49.0 Å². The molecule has 3 N–H and O–H groups in total. The van der Waals surface area contributed by atoms with Crippen LogP contribution in [0.2, 0.25) is 0 Å². The van der Waals surface area contributed by atoms with Crippen LogP contribution in [0.3, 0.4) is 0 Å². The van der Waals surface area contributed by atoms with Gasteiger partial charge < -0.3 is 10.1 Å². The quantitative estimate of drug-likeness (QED) is 0.205. The monoisotopic (exact) mass is 500 g/mol. The van der Waals surface area contributed by atoms with Crippen LogP contribution in [0.15, 0.2) is 59.3 Å². The lowest BCUT2D eigenvalue weighted by atomic mass is 10.2. The number of carbonyl (C=O) groups excluding carboxylic acids is 1. The summed E-state index contributed by atoms with van der Waals surface area (Å²) in [7, 11) is 0. The predicted molar refractivity (Wildman–Crippen MR) is 124 cm³/mol. The van der Waals surface area contributed by atoms with Crippen molar-refractivity contribution in [3.05, 3.63) is 75.0 Å². The molecule has 0 radical (unpaired) electrons. The first-order chi connectivity index (χ1) is 15.5. The van der Waals surface area contributed by atoms with E-state index in [1.54, 1.807) is 48.5 Å². The standard InChI is InChI=1S/C21H21BrN6O4/c1-2-3-12-32-15-10-8-14(9-11-15)25-19-18(28(30)31)20(24-13-23-19)26-27-21(29)16-6-4-5-7-17(16)22/h4-11,13H,2-3,12H2,1H3,(H,27,29)(H2,23,24,25,26). The van der Waals surface area contributed by atoms with Crippen LogP contribution in [0.5, 0.6) is 5.75 Å². The van der Waals surface area contributed by atoms with Crippen molar-refractivity contribution in [2.45, 2.75) is 19.8 Å². The van der Waals surface area contributed by atoms with Crippen molar-refractivity contribution in [1.82, 2.24) is 15.4 Å². The van der Waals surface area contributed by atoms with Crippen molar-refractivity contribution in [3.8, 4) is 5.75 Å². The second-order valence-electron chi connectivity index (χ2n) is 6.59. The highest BCUT2D eigenvalue weighted by Crippen LogP contribution is 2.31. The second kappa shape index (κ2) is 11.0. The highest BCUT2D eigenvalue weighted by molar-refractivity contribution is 9.10. The highest BCUT2D eigenvalue weighted by atomic mass is 79.9. The number of amides is 1. The van der Waals surface area contributed by atoms with Gasteiger partial charge in [-0.1, -0.05) is 25.5 Å². The first-order valence-electron chi connectivity index (χ1n) is 9.79. The summed E-state index contributed by atoms with van der Waals surface area (Å²) < 4.78 is 6.20. The minimum atomic E-state index is -0.627. The molecule has 0 bridgehead atoms. The van der Waals surface area contributed by atoms with Crippen LogP contribution in [0.4, 0.5) is 23.0 Å². The Morgan fingerprint density at radius 2 is 1.84 bits per heavy atom. The van der Waals surface area contributed by atoms with Crippen molar-refractivity contribution >= 4 is 44.8 Å². The van der Waals surface area contributed by atoms with Crippen LogP contribution in [-0.4, -0.2) is 27.4 Å². The molecule has 11 heteroatoms. The number of halogens is 1. The van der Waals surface area contributed by atoms with Gasteiger partial charge in [-0.3, -0.25) is 25.8 Å². The number of hydrazine groups is 1. The van der Waals surface area contributed by atoms with Gasteiger partial charge in [-0.2, -0.15) is 0 Å². The summed E-state index contributed by atoms with van der Waals surface area (Å²) in [5.74, 6) is 0.0339. The van der Waals surface area contributed by atoms with Crippen LogP contribution < -0.4 is 20.9 Å². The molecular formula is C21H21BrN6O4. The van der Waals surface area contributed by atoms with Crippen molar-refractivity contribution in [2.24, 2.45) is 0 Å². The van der Waals surface area contributed by atoms with Crippen molar-refractivity contribution in [2.75, 3.05) is 17.3 Å². The summed E-state index contributed by atoms with van der Waals surface area (Å²) in [6.07, 6.45) is 3.15. The van der Waals surface area contributed by atoms with Gasteiger partial charge in [0.2, 0.25) is 11.6 Å². The highest BCUT2D eigenvalue weighted by Gasteiger charge is 2.24. The lowest BCUT2D eigenvalue weighted by Crippen LogP contribution is -2.30. The van der Waals surface area contributed by atoms with Gasteiger partial charge in [-0.15, -0.1) is 0 Å². The Balaban J connectivity index is 1.74. The maximum absolute atomic E-state index is 12.4. The summed E-state index contributed by atoms with van der Waals surface area (Å²) in [4.78, 5) is 31.3. The van der Waals surface area contributed by atoms with E-state index in [0.29, 0.717) is 28.1 Å². The molecule has 2 aromatic carbocycles. The Labute approximate surface area is 192 Å². The fourth-order valence-electron chi connectivity index (χ4n) is 2.67. The number of aromatic nitrogens is 2. The first-order valence-corrected chi connectivity index (χ1v) is 10.6. The summed E-state index contributed by atoms with van der Waals surface area (Å²) in [5.41, 5.74) is 5.45. The minimum Gasteiger partial charge on any atom is -0.494 e. The zero-order chi connectivity index (χ0) is 22.9. The molecule has 0 fully saturated rings. The van der Waals surface area contributed by atoms with E-state index in [1.165, 1.54) is 0 Å². The van der Waals surface area contributed by atoms with E-state index in [0.717, 1.165) is 19.2 Å². The van der Waals surface area contributed by atoms with E-state index in [-0.39, 0.29) is 11.6 Å². The molecular weight excluding hydrogens is 480 g/mol. The third-order valence-electron chi connectivity index (χ3n) is 4.30. The number of ether oxygens (including phenoxy) is 1. The van der Waals surface area contributed by atoms with Crippen LogP contribution in [-0.2, 0) is 0 Å². The summed E-state index contributed by atoms with van der Waals surface area (Å²) in [6, 6.07) is 13.8. The van der Waals surface area contributed by atoms with Crippen molar-refractivity contribution < 1.29 is 14.5 Å². The maximum Gasteiger partial charge on any atom is 0.355 e. The van der Waals surface area contributed by atoms with Gasteiger partial charge in [0.15, 0.2) is 0 Å². The fourth-order valence-corrected chi connectivity index (χ4v) is 3.13. The van der Waals surface area contributed by atoms with E-state index in [1.807, 2.05) is 0 Å². The predicted octanol–water partition coefficient (Wildman–Crippen LogP) is 4.83. The molecule has 1 heterocycles. The Morgan fingerprint density at radius 3 is 2.53 bits per heavy atom. The molecule has 0 saturated carbocycles. The minimum absolute atomic E-state index is 0.0257. The third kappa shape index (κ3) is 5.91. The third-order valence-corrected chi connectivity index (χ3v) is 4.99. The number of nitrogens with zero attached hydrogens (tertiary/aromatic N) is 3. The van der Waals surface area contributed by atoms with Gasteiger partial charge in [-0.25, -0.2) is 9.97 Å². The topological polar surface area (TPSA) is 131 Å². The van der Waals surface area contributed by atoms with Gasteiger partial charge in [0.25, 0.3) is 5.91 Å². The second-order valence-corrected chi connectivity index (χ2v) is 7.44. The number of unbranched alkanes of at least 4 members (excludes halogenated alkanes) is 1. The van der Waals surface area contributed by atoms with Gasteiger partial charge in [0.05, 0.1) is 17.1 Å². The van der Waals surface area contributed by atoms with Gasteiger partial charge in [-0.05, 0) is 58.7 Å². The average molecular weight is 501 g/mol. The zero-order valence-electron chi connectivity index (χ0n) is 17.2. The van der Waals surface area contributed by atoms with Crippen LogP contribution in [0.25, 0.3) is 0 Å². The molecule has 3 aromatic rings. The van der Waals surface area contributed by atoms with E-state index < -0.39 is 16.5 Å². The smallest absolute Gasteiger partial charge is 0.355 e. The first kappa shape index (κ1) is 22.9. The van der Waals surface area contributed by atoms with Gasteiger partial charge in [0, 0.05) is 10.2 Å². The molecule has 1 aromatic heterocycles. The zero-order valence-corrected chi connectivity index (χ0v) is 18.8. The Morgan fingerprint density at radius 1 is 1.12 bits per heavy atom. The number of hydrogen-bond donors (Lipinski definition) is 3. The SMILES string of the molecule is CCCCOc1ccc(Nc2ncnc(NNC(=O)c3ccccc3Br)c2[N+](=O)[O-])cc1. The molecule has 166 valence electrons. The molecule has 0 aliphatic carbocycles. The van der Waals surface area contributed by atoms with E-state index in [9.17, 15) is 14.9 Å². The van der Waals surface area contributed by atoms with Crippen LogP contribution in [0, 0.1) is 10.1 Å². The van der Waals surface area contributed by atoms with Gasteiger partial charge >= 0.3 is 5.69 Å². The molecule has 0 spiro atoms. The molecule has 0 unspecified atom stereocenters. The number of hydrogen-bond acceptors (Lipinski definition) is 8. The largest absolute Gasteiger partial charge is 0.494 e. The molecule has 0 atom stereocenters. The summed E-state index contributed by atoms with van der Waals surface area (Å²) >= 11 is 3.29. The number of nitrogens with one attached hydrogen (secondary N) is 3. The molecule has 3 rings (SSSR count). The summed E-state index contributed by atoms with van der Waals surface area (Å²) in [5, 5.41) is 14.6. The molecule has 0 saturated heterocycles. The number of nitro groups is 1. The van der Waals surface area contributed by atoms with Crippen molar-refractivity contribution in [1.29, 1.82) is 0 Å². The number of anilines is 3. The normalized spacial score (nSPS) is 10.3. The Hall–Kier alpha value is -3.73. The van der Waals surface area contributed by atoms with Crippen LogP contribution >= 0.6 is 15.9 Å². The van der Waals surface area contributed by atoms with E-state index in [4.69, 9.17) is 4.74 Å². The molecule has 1 amide bonds. The number of rotatable bonds is 10. The molecule has 10 nitrogen and oxygen atoms in total. The van der Waals surface area contributed by atoms with Gasteiger partial charge in [0.1, 0.15) is 12.1 Å². The number of benzene rings is 2. The number of carbonyl (C=O) groups is 1. The lowest BCUT2D eigenvalue weighted by Gasteiger charge is -2.12. The summed E-state index contributed by atoms with van der Waals surface area (Å²) in [6.45, 7) is 2.71. The molecule has 0 aliphatic heterocycles. The van der Waals surface area contributed by atoms with Crippen molar-refractivity contribution in [3.63, 3.8) is 0 Å². The molecule has 0 aliphatic rings. The van der Waals surface area contributed by atoms with Crippen LogP contribution in [0.1, 0.15) is 30.1 Å². The molecule has 32 heavy (non-hydrogen) atoms. The lowest BCUT2D eigenvalue weighted by molar-refractivity contribution is -0.383. The fraction of sp³-hybridized carbons (Fsp3) is 0.190. The maximum atomic E-state index is 12.4. The Kier molecular flexibility index (Phi) is 7.92.